The molecule has 0 spiro atoms. The molecule has 2 fully saturated rings. The zero-order valence-electron chi connectivity index (χ0n) is 11.2. The van der Waals surface area contributed by atoms with Gasteiger partial charge in [0, 0.05) is 18.1 Å². The molecule has 0 aromatic rings. The van der Waals surface area contributed by atoms with Gasteiger partial charge in [0.1, 0.15) is 0 Å². The summed E-state index contributed by atoms with van der Waals surface area (Å²) in [6, 6.07) is 2.43. The van der Waals surface area contributed by atoms with Gasteiger partial charge in [0.2, 0.25) is 0 Å². The minimum atomic E-state index is 0.735. The van der Waals surface area contributed by atoms with Crippen molar-refractivity contribution in [1.29, 1.82) is 0 Å². The molecule has 16 heavy (non-hydrogen) atoms. The number of hydrogen-bond acceptors (Lipinski definition) is 2. The van der Waals surface area contributed by atoms with Crippen LogP contribution >= 0.6 is 0 Å². The maximum absolute atomic E-state index is 3.54. The van der Waals surface area contributed by atoms with Gasteiger partial charge in [0.15, 0.2) is 0 Å². The van der Waals surface area contributed by atoms with Crippen LogP contribution in [0.3, 0.4) is 0 Å². The van der Waals surface area contributed by atoms with Crippen LogP contribution in [0, 0.1) is 5.92 Å². The van der Waals surface area contributed by atoms with Crippen LogP contribution in [0.4, 0.5) is 0 Å². The SMILES string of the molecule is CCCC1CCC(NC)C(N(C)C2CC2)C1. The third kappa shape index (κ3) is 2.78. The molecule has 0 aromatic heterocycles. The second-order valence-corrected chi connectivity index (χ2v) is 5.83. The average molecular weight is 224 g/mol. The second kappa shape index (κ2) is 5.50. The van der Waals surface area contributed by atoms with E-state index in [1.807, 2.05) is 0 Å². The zero-order chi connectivity index (χ0) is 11.5. The summed E-state index contributed by atoms with van der Waals surface area (Å²) in [5, 5.41) is 3.54. The molecule has 0 radical (unpaired) electrons. The van der Waals surface area contributed by atoms with Crippen molar-refractivity contribution in [3.8, 4) is 0 Å². The highest BCUT2D eigenvalue weighted by Gasteiger charge is 2.37. The molecule has 0 amide bonds. The van der Waals surface area contributed by atoms with Gasteiger partial charge in [-0.25, -0.2) is 0 Å². The lowest BCUT2D eigenvalue weighted by Gasteiger charge is -2.41. The summed E-state index contributed by atoms with van der Waals surface area (Å²) in [5.74, 6) is 0.987. The molecule has 0 saturated heterocycles. The third-order valence-corrected chi connectivity index (χ3v) is 4.64. The second-order valence-electron chi connectivity index (χ2n) is 5.83. The maximum Gasteiger partial charge on any atom is 0.0251 e. The first kappa shape index (κ1) is 12.4. The highest BCUT2D eigenvalue weighted by molar-refractivity contribution is 4.95. The largest absolute Gasteiger partial charge is 0.315 e. The van der Waals surface area contributed by atoms with Crippen molar-refractivity contribution < 1.29 is 0 Å². The summed E-state index contributed by atoms with van der Waals surface area (Å²) in [7, 11) is 4.49. The van der Waals surface area contributed by atoms with Crippen LogP contribution in [-0.2, 0) is 0 Å². The smallest absolute Gasteiger partial charge is 0.0251 e. The summed E-state index contributed by atoms with van der Waals surface area (Å²) in [5.41, 5.74) is 0. The molecule has 2 saturated carbocycles. The summed E-state index contributed by atoms with van der Waals surface area (Å²) in [6.45, 7) is 2.32. The van der Waals surface area contributed by atoms with Gasteiger partial charge in [0.05, 0.1) is 0 Å². The van der Waals surface area contributed by atoms with Crippen molar-refractivity contribution in [3.05, 3.63) is 0 Å². The van der Waals surface area contributed by atoms with Gasteiger partial charge in [0.25, 0.3) is 0 Å². The van der Waals surface area contributed by atoms with Crippen molar-refractivity contribution in [1.82, 2.24) is 10.2 Å². The van der Waals surface area contributed by atoms with Crippen molar-refractivity contribution in [3.63, 3.8) is 0 Å². The zero-order valence-corrected chi connectivity index (χ0v) is 11.2. The highest BCUT2D eigenvalue weighted by atomic mass is 15.2. The predicted molar refractivity (Wildman–Crippen MR) is 69.7 cm³/mol. The molecular weight excluding hydrogens is 196 g/mol. The lowest BCUT2D eigenvalue weighted by molar-refractivity contribution is 0.113. The Morgan fingerprint density at radius 1 is 1.19 bits per heavy atom. The van der Waals surface area contributed by atoms with Crippen LogP contribution in [0.5, 0.6) is 0 Å². The standard InChI is InChI=1S/C14H28N2/c1-4-5-11-6-9-13(15-2)14(10-11)16(3)12-7-8-12/h11-15H,4-10H2,1-3H3. The molecule has 2 aliphatic carbocycles. The average Bonchev–Trinajstić information content (AvgIpc) is 3.12. The van der Waals surface area contributed by atoms with Crippen LogP contribution in [0.25, 0.3) is 0 Å². The highest BCUT2D eigenvalue weighted by Crippen LogP contribution is 2.35. The molecule has 0 aliphatic heterocycles. The number of hydrogen-bond donors (Lipinski definition) is 1. The van der Waals surface area contributed by atoms with E-state index in [0.717, 1.165) is 24.0 Å². The van der Waals surface area contributed by atoms with Gasteiger partial charge in [-0.15, -0.1) is 0 Å². The summed E-state index contributed by atoms with van der Waals surface area (Å²) in [6.07, 6.45) is 9.90. The lowest BCUT2D eigenvalue weighted by atomic mass is 9.79. The quantitative estimate of drug-likeness (QED) is 0.772. The van der Waals surface area contributed by atoms with Crippen LogP contribution < -0.4 is 5.32 Å². The number of likely N-dealkylation sites (N-methyl/N-ethyl adjacent to an activating group) is 2. The molecule has 2 rings (SSSR count). The number of nitrogens with one attached hydrogen (secondary N) is 1. The van der Waals surface area contributed by atoms with Crippen molar-refractivity contribution in [2.45, 2.75) is 70.0 Å². The summed E-state index contributed by atoms with van der Waals surface area (Å²) < 4.78 is 0. The lowest BCUT2D eigenvalue weighted by Crippen LogP contribution is -2.51. The molecule has 1 N–H and O–H groups in total. The molecule has 0 bridgehead atoms. The summed E-state index contributed by atoms with van der Waals surface area (Å²) in [4.78, 5) is 2.67. The van der Waals surface area contributed by atoms with Crippen molar-refractivity contribution in [2.24, 2.45) is 5.92 Å². The molecular formula is C14H28N2. The number of rotatable bonds is 5. The monoisotopic (exact) mass is 224 g/mol. The Bertz CT molecular complexity index is 211. The van der Waals surface area contributed by atoms with E-state index in [1.165, 1.54) is 44.9 Å². The van der Waals surface area contributed by atoms with E-state index in [4.69, 9.17) is 0 Å². The maximum atomic E-state index is 3.54. The molecule has 2 nitrogen and oxygen atoms in total. The fraction of sp³-hybridized carbons (Fsp3) is 1.00. The van der Waals surface area contributed by atoms with E-state index in [-0.39, 0.29) is 0 Å². The Labute approximate surface area is 101 Å². The fourth-order valence-electron chi connectivity index (χ4n) is 3.44. The molecule has 94 valence electrons. The van der Waals surface area contributed by atoms with E-state index in [9.17, 15) is 0 Å². The van der Waals surface area contributed by atoms with Gasteiger partial charge in [-0.05, 0) is 52.1 Å². The van der Waals surface area contributed by atoms with E-state index >= 15 is 0 Å². The van der Waals surface area contributed by atoms with E-state index in [0.29, 0.717) is 0 Å². The first-order valence-electron chi connectivity index (χ1n) is 7.15. The van der Waals surface area contributed by atoms with E-state index in [1.54, 1.807) is 0 Å². The van der Waals surface area contributed by atoms with Gasteiger partial charge >= 0.3 is 0 Å². The van der Waals surface area contributed by atoms with E-state index < -0.39 is 0 Å². The molecule has 3 atom stereocenters. The van der Waals surface area contributed by atoms with Gasteiger partial charge in [-0.2, -0.15) is 0 Å². The van der Waals surface area contributed by atoms with Gasteiger partial charge in [-0.1, -0.05) is 19.8 Å². The predicted octanol–water partition coefficient (Wildman–Crippen LogP) is 2.64. The minimum absolute atomic E-state index is 0.735. The molecule has 0 heterocycles. The molecule has 2 aliphatic rings. The Hall–Kier alpha value is -0.0800. The Morgan fingerprint density at radius 3 is 2.50 bits per heavy atom. The first-order valence-corrected chi connectivity index (χ1v) is 7.15. The van der Waals surface area contributed by atoms with Crippen LogP contribution in [0.1, 0.15) is 51.9 Å². The topological polar surface area (TPSA) is 15.3 Å². The van der Waals surface area contributed by atoms with Crippen LogP contribution in [-0.4, -0.2) is 37.1 Å². The van der Waals surface area contributed by atoms with Gasteiger partial charge in [-0.3, -0.25) is 4.90 Å². The first-order chi connectivity index (χ1) is 7.76. The summed E-state index contributed by atoms with van der Waals surface area (Å²) >= 11 is 0. The van der Waals surface area contributed by atoms with Crippen LogP contribution in [0.15, 0.2) is 0 Å². The number of nitrogens with zero attached hydrogens (tertiary/aromatic N) is 1. The molecule has 3 unspecified atom stereocenters. The Balaban J connectivity index is 1.92. The van der Waals surface area contributed by atoms with E-state index in [2.05, 4.69) is 31.2 Å². The third-order valence-electron chi connectivity index (χ3n) is 4.64. The minimum Gasteiger partial charge on any atom is -0.315 e. The van der Waals surface area contributed by atoms with Crippen LogP contribution in [0.2, 0.25) is 0 Å². The molecule has 0 aromatic carbocycles. The van der Waals surface area contributed by atoms with Crippen molar-refractivity contribution in [2.75, 3.05) is 14.1 Å². The van der Waals surface area contributed by atoms with Gasteiger partial charge < -0.3 is 5.32 Å². The normalized spacial score (nSPS) is 35.6. The Kier molecular flexibility index (Phi) is 4.26. The fourth-order valence-corrected chi connectivity index (χ4v) is 3.44. The Morgan fingerprint density at radius 2 is 1.94 bits per heavy atom. The molecule has 2 heteroatoms. The van der Waals surface area contributed by atoms with Crippen molar-refractivity contribution >= 4 is 0 Å².